The molecule has 6 nitrogen and oxygen atoms in total. The summed E-state index contributed by atoms with van der Waals surface area (Å²) in [5.41, 5.74) is 0.494. The lowest BCUT2D eigenvalue weighted by atomic mass is 9.99. The summed E-state index contributed by atoms with van der Waals surface area (Å²) in [6, 6.07) is 20.2. The number of imide groups is 2. The zero-order valence-electron chi connectivity index (χ0n) is 19.0. The van der Waals surface area contributed by atoms with Crippen molar-refractivity contribution in [1.29, 1.82) is 0 Å². The summed E-state index contributed by atoms with van der Waals surface area (Å²) < 4.78 is 20.5. The highest BCUT2D eigenvalue weighted by Crippen LogP contribution is 2.33. The van der Waals surface area contributed by atoms with Crippen LogP contribution in [0.4, 0.5) is 14.9 Å². The van der Waals surface area contributed by atoms with Gasteiger partial charge in [-0.05, 0) is 47.2 Å². The first kappa shape index (κ1) is 24.5. The molecule has 4 amide bonds. The molecule has 1 aliphatic rings. The van der Waals surface area contributed by atoms with E-state index in [1.807, 2.05) is 30.3 Å². The minimum Gasteiger partial charge on any atom is -0.488 e. The largest absolute Gasteiger partial charge is 0.488 e. The second-order valence-corrected chi connectivity index (χ2v) is 8.98. The first-order valence-electron chi connectivity index (χ1n) is 11.1. The molecule has 0 saturated carbocycles. The molecule has 184 valence electrons. The first-order valence-corrected chi connectivity index (χ1v) is 11.8. The van der Waals surface area contributed by atoms with E-state index in [4.69, 9.17) is 27.9 Å². The van der Waals surface area contributed by atoms with Crippen LogP contribution >= 0.6 is 23.2 Å². The van der Waals surface area contributed by atoms with Gasteiger partial charge in [-0.1, -0.05) is 71.7 Å². The molecule has 4 aromatic carbocycles. The van der Waals surface area contributed by atoms with Crippen molar-refractivity contribution in [2.45, 2.75) is 6.61 Å². The maximum absolute atomic E-state index is 14.4. The van der Waals surface area contributed by atoms with Gasteiger partial charge in [-0.3, -0.25) is 14.9 Å². The van der Waals surface area contributed by atoms with Crippen LogP contribution < -0.4 is 15.0 Å². The fraction of sp³-hybridized carbons (Fsp3) is 0.0357. The maximum atomic E-state index is 14.4. The van der Waals surface area contributed by atoms with Crippen LogP contribution in [0, 0.1) is 5.82 Å². The fourth-order valence-electron chi connectivity index (χ4n) is 4.00. The summed E-state index contributed by atoms with van der Waals surface area (Å²) in [6.07, 6.45) is 1.35. The van der Waals surface area contributed by atoms with Crippen LogP contribution in [-0.2, 0) is 16.2 Å². The molecule has 9 heteroatoms. The molecular weight excluding hydrogens is 518 g/mol. The number of amides is 4. The number of fused-ring (bicyclic) bond motifs is 1. The van der Waals surface area contributed by atoms with Crippen molar-refractivity contribution in [1.82, 2.24) is 5.32 Å². The van der Waals surface area contributed by atoms with Gasteiger partial charge < -0.3 is 4.74 Å². The average molecular weight is 535 g/mol. The van der Waals surface area contributed by atoms with Crippen LogP contribution in [-0.4, -0.2) is 17.8 Å². The van der Waals surface area contributed by atoms with Crippen LogP contribution in [0.1, 0.15) is 11.1 Å². The smallest absolute Gasteiger partial charge is 0.336 e. The molecule has 1 heterocycles. The topological polar surface area (TPSA) is 75.7 Å². The van der Waals surface area contributed by atoms with Gasteiger partial charge in [0.1, 0.15) is 23.7 Å². The van der Waals surface area contributed by atoms with Gasteiger partial charge in [0, 0.05) is 21.2 Å². The molecule has 4 aromatic rings. The zero-order chi connectivity index (χ0) is 26.1. The third kappa shape index (κ3) is 4.79. The Bertz CT molecular complexity index is 1620. The molecule has 1 aliphatic heterocycles. The van der Waals surface area contributed by atoms with Gasteiger partial charge >= 0.3 is 6.03 Å². The van der Waals surface area contributed by atoms with Gasteiger partial charge in [0.15, 0.2) is 0 Å². The van der Waals surface area contributed by atoms with E-state index < -0.39 is 23.7 Å². The first-order chi connectivity index (χ1) is 17.8. The molecular formula is C28H17Cl2FN2O4. The van der Waals surface area contributed by atoms with Crippen molar-refractivity contribution in [2.24, 2.45) is 0 Å². The Morgan fingerprint density at radius 1 is 0.919 bits per heavy atom. The Kier molecular flexibility index (Phi) is 6.65. The number of carbonyl (C=O) groups is 3. The second-order valence-electron chi connectivity index (χ2n) is 8.13. The molecule has 0 aromatic heterocycles. The van der Waals surface area contributed by atoms with E-state index >= 15 is 0 Å². The molecule has 0 atom stereocenters. The summed E-state index contributed by atoms with van der Waals surface area (Å²) in [5, 5.41) is 4.56. The summed E-state index contributed by atoms with van der Waals surface area (Å²) in [7, 11) is 0. The predicted molar refractivity (Wildman–Crippen MR) is 140 cm³/mol. The fourth-order valence-corrected chi connectivity index (χ4v) is 4.46. The summed E-state index contributed by atoms with van der Waals surface area (Å²) in [4.78, 5) is 39.2. The lowest BCUT2D eigenvalue weighted by Gasteiger charge is -2.26. The van der Waals surface area contributed by atoms with Gasteiger partial charge in [-0.15, -0.1) is 0 Å². The zero-order valence-corrected chi connectivity index (χ0v) is 20.5. The van der Waals surface area contributed by atoms with Crippen LogP contribution in [0.3, 0.4) is 0 Å². The van der Waals surface area contributed by atoms with Crippen molar-refractivity contribution < 1.29 is 23.5 Å². The highest BCUT2D eigenvalue weighted by Gasteiger charge is 2.38. The number of nitrogens with one attached hydrogen (secondary N) is 1. The second kappa shape index (κ2) is 10.0. The lowest BCUT2D eigenvalue weighted by Crippen LogP contribution is -2.54. The lowest BCUT2D eigenvalue weighted by molar-refractivity contribution is -0.122. The van der Waals surface area contributed by atoms with Crippen molar-refractivity contribution in [3.63, 3.8) is 0 Å². The number of rotatable bonds is 5. The SMILES string of the molecule is O=C1NC(=O)N(c2ccccc2F)C(=O)/C1=C\c1c(OCc2ccc(Cl)cc2Cl)ccc2ccccc12. The Labute approximate surface area is 220 Å². The summed E-state index contributed by atoms with van der Waals surface area (Å²) in [6.45, 7) is 0.0878. The van der Waals surface area contributed by atoms with E-state index in [-0.39, 0.29) is 17.9 Å². The van der Waals surface area contributed by atoms with Gasteiger partial charge in [0.2, 0.25) is 0 Å². The van der Waals surface area contributed by atoms with E-state index in [2.05, 4.69) is 5.32 Å². The number of ether oxygens (including phenoxy) is 1. The number of barbiturate groups is 1. The highest BCUT2D eigenvalue weighted by molar-refractivity contribution is 6.39. The molecule has 0 unspecified atom stereocenters. The van der Waals surface area contributed by atoms with Crippen LogP contribution in [0.15, 0.2) is 84.4 Å². The van der Waals surface area contributed by atoms with Crippen LogP contribution in [0.5, 0.6) is 5.75 Å². The average Bonchev–Trinajstić information content (AvgIpc) is 2.87. The molecule has 5 rings (SSSR count). The number of halogens is 3. The Morgan fingerprint density at radius 3 is 2.46 bits per heavy atom. The number of nitrogens with zero attached hydrogens (tertiary/aromatic N) is 1. The summed E-state index contributed by atoms with van der Waals surface area (Å²) >= 11 is 12.3. The third-order valence-corrected chi connectivity index (χ3v) is 6.40. The monoisotopic (exact) mass is 534 g/mol. The van der Waals surface area contributed by atoms with Crippen molar-refractivity contribution >= 4 is 63.6 Å². The molecule has 0 aliphatic carbocycles. The molecule has 0 spiro atoms. The number of benzene rings is 4. The highest BCUT2D eigenvalue weighted by atomic mass is 35.5. The predicted octanol–water partition coefficient (Wildman–Crippen LogP) is 6.53. The van der Waals surface area contributed by atoms with E-state index in [1.165, 1.54) is 24.3 Å². The third-order valence-electron chi connectivity index (χ3n) is 5.81. The van der Waals surface area contributed by atoms with Crippen molar-refractivity contribution in [3.05, 3.63) is 111 Å². The van der Waals surface area contributed by atoms with Crippen molar-refractivity contribution in [3.8, 4) is 5.75 Å². The maximum Gasteiger partial charge on any atom is 0.336 e. The Balaban J connectivity index is 1.59. The van der Waals surface area contributed by atoms with Crippen molar-refractivity contribution in [2.75, 3.05) is 4.90 Å². The normalized spacial score (nSPS) is 14.8. The molecule has 37 heavy (non-hydrogen) atoms. The quantitative estimate of drug-likeness (QED) is 0.233. The number of hydrogen-bond acceptors (Lipinski definition) is 4. The van der Waals surface area contributed by atoms with E-state index in [1.54, 1.807) is 24.3 Å². The van der Waals surface area contributed by atoms with Gasteiger partial charge in [-0.2, -0.15) is 0 Å². The van der Waals surface area contributed by atoms with E-state index in [0.717, 1.165) is 11.5 Å². The van der Waals surface area contributed by atoms with E-state index in [9.17, 15) is 18.8 Å². The number of anilines is 1. The molecule has 1 saturated heterocycles. The molecule has 1 fully saturated rings. The Hall–Kier alpha value is -4.20. The van der Waals surface area contributed by atoms with Crippen LogP contribution in [0.25, 0.3) is 16.8 Å². The minimum atomic E-state index is -1.04. The number of hydrogen-bond donors (Lipinski definition) is 1. The molecule has 0 radical (unpaired) electrons. The van der Waals surface area contributed by atoms with E-state index in [0.29, 0.717) is 37.2 Å². The number of urea groups is 1. The standard InChI is InChI=1S/C28H17Cl2FN2O4/c29-18-11-9-17(22(30)13-18)15-37-25-12-10-16-5-1-2-6-19(16)20(25)14-21-26(34)32-28(36)33(27(21)35)24-8-4-3-7-23(24)31/h1-14H,15H2,(H,32,34,36)/b21-14-. The minimum absolute atomic E-state index is 0.0878. The van der Waals surface area contributed by atoms with Crippen LogP contribution in [0.2, 0.25) is 10.0 Å². The Morgan fingerprint density at radius 2 is 1.68 bits per heavy atom. The van der Waals surface area contributed by atoms with Gasteiger partial charge in [0.05, 0.1) is 5.69 Å². The number of para-hydroxylation sites is 1. The van der Waals surface area contributed by atoms with Gasteiger partial charge in [0.25, 0.3) is 11.8 Å². The number of carbonyl (C=O) groups excluding carboxylic acids is 3. The van der Waals surface area contributed by atoms with Gasteiger partial charge in [-0.25, -0.2) is 14.1 Å². The summed E-state index contributed by atoms with van der Waals surface area (Å²) in [5.74, 6) is -2.28. The molecule has 0 bridgehead atoms. The molecule has 1 N–H and O–H groups in total.